The van der Waals surface area contributed by atoms with Gasteiger partial charge in [-0.05, 0) is 37.7 Å². The Labute approximate surface area is 123 Å². The monoisotopic (exact) mass is 288 g/mol. The van der Waals surface area contributed by atoms with Crippen LogP contribution in [0, 0.1) is 0 Å². The van der Waals surface area contributed by atoms with Crippen molar-refractivity contribution in [3.63, 3.8) is 0 Å². The van der Waals surface area contributed by atoms with Crippen molar-refractivity contribution in [1.82, 2.24) is 9.55 Å². The normalized spacial score (nSPS) is 19.4. The minimum absolute atomic E-state index is 0.189. The zero-order valence-electron chi connectivity index (χ0n) is 11.8. The molecule has 1 fully saturated rings. The van der Waals surface area contributed by atoms with E-state index in [1.54, 1.807) is 0 Å². The first kappa shape index (κ1) is 13.7. The van der Waals surface area contributed by atoms with Crippen LogP contribution in [0.2, 0.25) is 0 Å². The predicted molar refractivity (Wildman–Crippen MR) is 84.2 cm³/mol. The fourth-order valence-corrected chi connectivity index (χ4v) is 4.14. The lowest BCUT2D eigenvalue weighted by Gasteiger charge is -2.19. The maximum Gasteiger partial charge on any atom is 0.153 e. The average Bonchev–Trinajstić information content (AvgIpc) is 2.85. The van der Waals surface area contributed by atoms with Gasteiger partial charge in [-0.1, -0.05) is 18.6 Å². The van der Waals surface area contributed by atoms with Crippen molar-refractivity contribution in [2.45, 2.75) is 44.4 Å². The number of hydrogen-bond acceptors (Lipinski definition) is 3. The molecule has 0 N–H and O–H groups in total. The molecule has 1 aliphatic heterocycles. The molecule has 2 aromatic rings. The quantitative estimate of drug-likeness (QED) is 0.864. The van der Waals surface area contributed by atoms with Crippen LogP contribution in [0.1, 0.15) is 32.0 Å². The van der Waals surface area contributed by atoms with Crippen molar-refractivity contribution in [2.24, 2.45) is 0 Å². The molecule has 0 spiro atoms. The Morgan fingerprint density at radius 1 is 1.40 bits per heavy atom. The van der Waals surface area contributed by atoms with E-state index < -0.39 is 0 Å². The molecule has 20 heavy (non-hydrogen) atoms. The first-order valence-corrected chi connectivity index (χ1v) is 8.43. The minimum Gasteiger partial charge on any atom is -0.328 e. The van der Waals surface area contributed by atoms with Crippen molar-refractivity contribution in [3.8, 4) is 0 Å². The summed E-state index contributed by atoms with van der Waals surface area (Å²) in [7, 11) is 0. The summed E-state index contributed by atoms with van der Waals surface area (Å²) in [4.78, 5) is 17.1. The molecule has 1 aromatic carbocycles. The van der Waals surface area contributed by atoms with E-state index in [1.165, 1.54) is 12.8 Å². The van der Waals surface area contributed by atoms with Gasteiger partial charge in [0.15, 0.2) is 5.78 Å². The molecule has 0 aliphatic carbocycles. The Kier molecular flexibility index (Phi) is 4.10. The number of aromatic nitrogens is 2. The van der Waals surface area contributed by atoms with Crippen molar-refractivity contribution >= 4 is 28.6 Å². The van der Waals surface area contributed by atoms with Crippen LogP contribution < -0.4 is 0 Å². The summed E-state index contributed by atoms with van der Waals surface area (Å²) in [6.45, 7) is 2.97. The van der Waals surface area contributed by atoms with E-state index in [9.17, 15) is 4.79 Å². The number of nitrogens with zero attached hydrogens (tertiary/aromatic N) is 2. The molecule has 106 valence electrons. The molecule has 1 aliphatic rings. The Morgan fingerprint density at radius 3 is 3.00 bits per heavy atom. The van der Waals surface area contributed by atoms with Crippen LogP contribution in [0.3, 0.4) is 0 Å². The molecular formula is C16H20N2OS. The first-order valence-electron chi connectivity index (χ1n) is 7.38. The third-order valence-electron chi connectivity index (χ3n) is 3.92. The van der Waals surface area contributed by atoms with Gasteiger partial charge in [-0.15, -0.1) is 0 Å². The van der Waals surface area contributed by atoms with E-state index in [1.807, 2.05) is 30.0 Å². The third-order valence-corrected chi connectivity index (χ3v) is 5.35. The van der Waals surface area contributed by atoms with Crippen LogP contribution >= 0.6 is 11.8 Å². The van der Waals surface area contributed by atoms with Crippen LogP contribution in [-0.4, -0.2) is 26.3 Å². The van der Waals surface area contributed by atoms with E-state index in [-0.39, 0.29) is 5.25 Å². The van der Waals surface area contributed by atoms with Crippen LogP contribution in [0.5, 0.6) is 0 Å². The number of thioether (sulfide) groups is 1. The fraction of sp³-hybridized carbons (Fsp3) is 0.500. The fourth-order valence-electron chi connectivity index (χ4n) is 2.88. The number of hydrogen-bond donors (Lipinski definition) is 0. The number of para-hydroxylation sites is 2. The van der Waals surface area contributed by atoms with E-state index >= 15 is 0 Å². The number of imidazole rings is 1. The third kappa shape index (κ3) is 2.62. The Hall–Kier alpha value is -1.29. The second-order valence-corrected chi connectivity index (χ2v) is 6.57. The summed E-state index contributed by atoms with van der Waals surface area (Å²) in [5.41, 5.74) is 2.13. The number of fused-ring (bicyclic) bond motifs is 1. The second kappa shape index (κ2) is 6.00. The molecule has 0 amide bonds. The van der Waals surface area contributed by atoms with Gasteiger partial charge in [0.25, 0.3) is 0 Å². The highest BCUT2D eigenvalue weighted by molar-refractivity contribution is 8.00. The molecule has 0 bridgehead atoms. The van der Waals surface area contributed by atoms with E-state index in [2.05, 4.69) is 22.5 Å². The van der Waals surface area contributed by atoms with Gasteiger partial charge in [-0.25, -0.2) is 4.98 Å². The molecule has 0 saturated carbocycles. The molecule has 1 aromatic heterocycles. The number of benzene rings is 1. The topological polar surface area (TPSA) is 34.9 Å². The van der Waals surface area contributed by atoms with Gasteiger partial charge in [0.1, 0.15) is 5.82 Å². The van der Waals surface area contributed by atoms with Gasteiger partial charge in [-0.2, -0.15) is 11.8 Å². The van der Waals surface area contributed by atoms with Crippen LogP contribution in [0.25, 0.3) is 11.0 Å². The van der Waals surface area contributed by atoms with Gasteiger partial charge in [-0.3, -0.25) is 4.79 Å². The largest absolute Gasteiger partial charge is 0.328 e. The summed E-state index contributed by atoms with van der Waals surface area (Å²) in [6.07, 6.45) is 3.95. The van der Waals surface area contributed by atoms with Crippen LogP contribution in [0.15, 0.2) is 24.3 Å². The molecule has 1 atom stereocenters. The number of ketones is 1. The average molecular weight is 288 g/mol. The summed E-state index contributed by atoms with van der Waals surface area (Å²) in [5, 5.41) is 0.189. The number of rotatable bonds is 4. The van der Waals surface area contributed by atoms with Crippen LogP contribution in [-0.2, 0) is 17.8 Å². The Balaban J connectivity index is 1.84. The highest BCUT2D eigenvalue weighted by Gasteiger charge is 2.23. The number of carbonyl (C=O) groups is 1. The summed E-state index contributed by atoms with van der Waals surface area (Å²) >= 11 is 1.82. The van der Waals surface area contributed by atoms with Gasteiger partial charge in [0.05, 0.1) is 22.7 Å². The smallest absolute Gasteiger partial charge is 0.153 e. The van der Waals surface area contributed by atoms with Gasteiger partial charge in [0, 0.05) is 6.54 Å². The lowest BCUT2D eigenvalue weighted by atomic mass is 10.1. The standard InChI is InChI=1S/C16H20N2OS/c1-2-18-13-8-4-3-7-12(13)17-16(18)11-14(19)15-9-5-6-10-20-15/h3-4,7-8,15H,2,5-6,9-11H2,1H3. The molecule has 3 nitrogen and oxygen atoms in total. The zero-order chi connectivity index (χ0) is 13.9. The van der Waals surface area contributed by atoms with Crippen molar-refractivity contribution < 1.29 is 4.79 Å². The number of carbonyl (C=O) groups excluding carboxylic acids is 1. The van der Waals surface area contributed by atoms with Crippen LogP contribution in [0.4, 0.5) is 0 Å². The zero-order valence-corrected chi connectivity index (χ0v) is 12.7. The molecule has 4 heteroatoms. The van der Waals surface area contributed by atoms with Gasteiger partial charge < -0.3 is 4.57 Å². The van der Waals surface area contributed by atoms with Crippen molar-refractivity contribution in [2.75, 3.05) is 5.75 Å². The Morgan fingerprint density at radius 2 is 2.25 bits per heavy atom. The lowest BCUT2D eigenvalue weighted by molar-refractivity contribution is -0.118. The minimum atomic E-state index is 0.189. The molecule has 3 rings (SSSR count). The Bertz CT molecular complexity index is 614. The van der Waals surface area contributed by atoms with E-state index in [4.69, 9.17) is 0 Å². The predicted octanol–water partition coefficient (Wildman–Crippen LogP) is 3.45. The highest BCUT2D eigenvalue weighted by atomic mass is 32.2. The summed E-state index contributed by atoms with van der Waals surface area (Å²) in [6, 6.07) is 8.12. The van der Waals surface area contributed by atoms with Gasteiger partial charge >= 0.3 is 0 Å². The lowest BCUT2D eigenvalue weighted by Crippen LogP contribution is -2.24. The number of Topliss-reactive ketones (excluding diaryl/α,β-unsaturated/α-hetero) is 1. The molecular weight excluding hydrogens is 268 g/mol. The first-order chi connectivity index (χ1) is 9.79. The second-order valence-electron chi connectivity index (χ2n) is 5.26. The van der Waals surface area contributed by atoms with Crippen molar-refractivity contribution in [3.05, 3.63) is 30.1 Å². The summed E-state index contributed by atoms with van der Waals surface area (Å²) < 4.78 is 2.17. The van der Waals surface area contributed by atoms with E-state index in [0.29, 0.717) is 12.2 Å². The molecule has 1 saturated heterocycles. The van der Waals surface area contributed by atoms with E-state index in [0.717, 1.165) is 35.6 Å². The van der Waals surface area contributed by atoms with Crippen molar-refractivity contribution in [1.29, 1.82) is 0 Å². The maximum absolute atomic E-state index is 12.4. The SMILES string of the molecule is CCn1c(CC(=O)C2CCCCS2)nc2ccccc21. The molecule has 2 heterocycles. The highest BCUT2D eigenvalue weighted by Crippen LogP contribution is 2.27. The summed E-state index contributed by atoms with van der Waals surface area (Å²) in [5.74, 6) is 2.39. The maximum atomic E-state index is 12.4. The number of aryl methyl sites for hydroxylation is 1. The molecule has 1 unspecified atom stereocenters. The van der Waals surface area contributed by atoms with Gasteiger partial charge in [0.2, 0.25) is 0 Å². The molecule has 0 radical (unpaired) electrons.